The fourth-order valence-electron chi connectivity index (χ4n) is 2.23. The largest absolute Gasteiger partial charge is 0.466 e. The van der Waals surface area contributed by atoms with Crippen LogP contribution in [0.3, 0.4) is 0 Å². The van der Waals surface area contributed by atoms with Crippen LogP contribution in [0.1, 0.15) is 32.0 Å². The monoisotopic (exact) mass is 425 g/mol. The molecule has 2 rings (SSSR count). The van der Waals surface area contributed by atoms with E-state index in [1.807, 2.05) is 0 Å². The van der Waals surface area contributed by atoms with E-state index in [1.54, 1.807) is 56.6 Å². The first-order valence-corrected chi connectivity index (χ1v) is 11.3. The van der Waals surface area contributed by atoms with Gasteiger partial charge in [0.25, 0.3) is 0 Å². The Kier molecular flexibility index (Phi) is 8.79. The molecule has 0 unspecified atom stereocenters. The van der Waals surface area contributed by atoms with E-state index >= 15 is 0 Å². The predicted octanol–water partition coefficient (Wildman–Crippen LogP) is 3.59. The zero-order valence-electron chi connectivity index (χ0n) is 16.1. The van der Waals surface area contributed by atoms with Crippen molar-refractivity contribution in [2.75, 3.05) is 25.2 Å². The minimum Gasteiger partial charge on any atom is -0.466 e. The van der Waals surface area contributed by atoms with Crippen molar-refractivity contribution in [3.8, 4) is 0 Å². The van der Waals surface area contributed by atoms with Crippen LogP contribution in [0.25, 0.3) is 0 Å². The second-order valence-electron chi connectivity index (χ2n) is 5.42. The average Bonchev–Trinajstić information content (AvgIpc) is 3.10. The van der Waals surface area contributed by atoms with Gasteiger partial charge in [-0.05, 0) is 38.5 Å². The lowest BCUT2D eigenvalue weighted by molar-refractivity contribution is -0.142. The van der Waals surface area contributed by atoms with Gasteiger partial charge in [0.1, 0.15) is 0 Å². The van der Waals surface area contributed by atoms with Crippen molar-refractivity contribution >= 4 is 41.6 Å². The van der Waals surface area contributed by atoms with Gasteiger partial charge in [0.2, 0.25) is 5.13 Å². The van der Waals surface area contributed by atoms with Gasteiger partial charge in [0.15, 0.2) is 0 Å². The number of hydrogen-bond donors (Lipinski definition) is 1. The number of thiazole rings is 1. The minimum atomic E-state index is -3.29. The number of nitrogens with zero attached hydrogens (tertiary/aromatic N) is 2. The molecule has 0 fully saturated rings. The molecule has 0 amide bonds. The highest BCUT2D eigenvalue weighted by atomic mass is 32.1. The summed E-state index contributed by atoms with van der Waals surface area (Å²) in [5.74, 6) is -0.306. The summed E-state index contributed by atoms with van der Waals surface area (Å²) in [6.07, 6.45) is 1.75. The molecule has 1 aromatic carbocycles. The fourth-order valence-corrected chi connectivity index (χ4v) is 4.46. The third-order valence-corrected chi connectivity index (χ3v) is 6.29. The van der Waals surface area contributed by atoms with E-state index in [4.69, 9.17) is 13.8 Å². The molecule has 0 saturated carbocycles. The summed E-state index contributed by atoms with van der Waals surface area (Å²) in [6, 6.07) is 6.96. The van der Waals surface area contributed by atoms with E-state index in [9.17, 15) is 9.36 Å². The van der Waals surface area contributed by atoms with Crippen LogP contribution in [0.5, 0.6) is 0 Å². The first-order valence-electron chi connectivity index (χ1n) is 8.89. The Morgan fingerprint density at radius 2 is 1.86 bits per heavy atom. The lowest BCUT2D eigenvalue weighted by Gasteiger charge is -2.17. The molecular formula is C18H24N3O5PS. The van der Waals surface area contributed by atoms with E-state index < -0.39 is 7.60 Å². The SMILES string of the molecule is CCOC(=O)Cc1csc(NN=Cc2ccc(P(=O)(OCC)OCC)cc2)n1. The Labute approximate surface area is 168 Å². The van der Waals surface area contributed by atoms with Crippen LogP contribution in [-0.4, -0.2) is 37.0 Å². The molecule has 1 N–H and O–H groups in total. The second kappa shape index (κ2) is 11.1. The lowest BCUT2D eigenvalue weighted by atomic mass is 10.2. The molecule has 0 atom stereocenters. The molecule has 28 heavy (non-hydrogen) atoms. The van der Waals surface area contributed by atoms with E-state index in [-0.39, 0.29) is 12.4 Å². The third-order valence-electron chi connectivity index (χ3n) is 3.36. The van der Waals surface area contributed by atoms with Crippen molar-refractivity contribution < 1.29 is 23.1 Å². The molecule has 0 radical (unpaired) electrons. The molecule has 152 valence electrons. The molecule has 8 nitrogen and oxygen atoms in total. The smallest absolute Gasteiger partial charge is 0.361 e. The van der Waals surface area contributed by atoms with Crippen molar-refractivity contribution in [3.05, 3.63) is 40.9 Å². The summed E-state index contributed by atoms with van der Waals surface area (Å²) in [5, 5.41) is 6.99. The molecule has 0 saturated heterocycles. The maximum Gasteiger partial charge on any atom is 0.361 e. The van der Waals surface area contributed by atoms with Gasteiger partial charge in [0.05, 0.1) is 43.5 Å². The molecular weight excluding hydrogens is 401 g/mol. The zero-order valence-corrected chi connectivity index (χ0v) is 17.8. The molecule has 0 aliphatic heterocycles. The van der Waals surface area contributed by atoms with Gasteiger partial charge in [-0.25, -0.2) is 4.98 Å². The van der Waals surface area contributed by atoms with Gasteiger partial charge < -0.3 is 13.8 Å². The summed E-state index contributed by atoms with van der Waals surface area (Å²) in [4.78, 5) is 15.7. The third kappa shape index (κ3) is 6.53. The second-order valence-corrected chi connectivity index (χ2v) is 8.31. The lowest BCUT2D eigenvalue weighted by Crippen LogP contribution is -2.10. The number of hydrazone groups is 1. The summed E-state index contributed by atoms with van der Waals surface area (Å²) in [7, 11) is -3.29. The van der Waals surface area contributed by atoms with E-state index in [1.165, 1.54) is 11.3 Å². The van der Waals surface area contributed by atoms with Gasteiger partial charge in [-0.15, -0.1) is 11.3 Å². The van der Waals surface area contributed by atoms with Crippen molar-refractivity contribution in [1.82, 2.24) is 4.98 Å². The normalized spacial score (nSPS) is 11.7. The zero-order chi connectivity index (χ0) is 20.4. The predicted molar refractivity (Wildman–Crippen MR) is 111 cm³/mol. The first kappa shape index (κ1) is 22.2. The summed E-state index contributed by atoms with van der Waals surface area (Å²) in [5.41, 5.74) is 4.26. The number of aromatic nitrogens is 1. The van der Waals surface area contributed by atoms with Crippen molar-refractivity contribution in [1.29, 1.82) is 0 Å². The van der Waals surface area contributed by atoms with Gasteiger partial charge in [-0.1, -0.05) is 12.1 Å². The van der Waals surface area contributed by atoms with Crippen molar-refractivity contribution in [3.63, 3.8) is 0 Å². The van der Waals surface area contributed by atoms with Crippen LogP contribution in [0, 0.1) is 0 Å². The number of esters is 1. The Morgan fingerprint density at radius 3 is 2.46 bits per heavy atom. The number of carbonyl (C=O) groups is 1. The highest BCUT2D eigenvalue weighted by Crippen LogP contribution is 2.46. The van der Waals surface area contributed by atoms with Crippen LogP contribution in [-0.2, 0) is 29.6 Å². The van der Waals surface area contributed by atoms with E-state index in [0.717, 1.165) is 5.56 Å². The first-order chi connectivity index (χ1) is 13.5. The maximum atomic E-state index is 12.7. The maximum absolute atomic E-state index is 12.7. The number of anilines is 1. The van der Waals surface area contributed by atoms with Crippen molar-refractivity contribution in [2.45, 2.75) is 27.2 Å². The Morgan fingerprint density at radius 1 is 1.18 bits per heavy atom. The number of nitrogens with one attached hydrogen (secondary N) is 1. The van der Waals surface area contributed by atoms with Crippen LogP contribution in [0.2, 0.25) is 0 Å². The van der Waals surface area contributed by atoms with Crippen LogP contribution in [0.15, 0.2) is 34.7 Å². The summed E-state index contributed by atoms with van der Waals surface area (Å²) in [6.45, 7) is 6.26. The average molecular weight is 425 g/mol. The number of ether oxygens (including phenoxy) is 1. The molecule has 0 aliphatic carbocycles. The van der Waals surface area contributed by atoms with E-state index in [0.29, 0.717) is 36.0 Å². The van der Waals surface area contributed by atoms with Crippen molar-refractivity contribution in [2.24, 2.45) is 5.10 Å². The van der Waals surface area contributed by atoms with Crippen LogP contribution in [0.4, 0.5) is 5.13 Å². The van der Waals surface area contributed by atoms with Crippen LogP contribution >= 0.6 is 18.9 Å². The molecule has 0 aliphatic rings. The molecule has 10 heteroatoms. The molecule has 1 aromatic heterocycles. The molecule has 2 aromatic rings. The number of benzene rings is 1. The van der Waals surface area contributed by atoms with Gasteiger partial charge >= 0.3 is 13.6 Å². The van der Waals surface area contributed by atoms with Gasteiger partial charge in [-0.2, -0.15) is 5.10 Å². The highest BCUT2D eigenvalue weighted by Gasteiger charge is 2.26. The number of rotatable bonds is 11. The molecule has 0 spiro atoms. The summed E-state index contributed by atoms with van der Waals surface area (Å²) < 4.78 is 28.3. The Balaban J connectivity index is 1.95. The topological polar surface area (TPSA) is 99.1 Å². The fraction of sp³-hybridized carbons (Fsp3) is 0.389. The Hall–Kier alpha value is -2.06. The molecule has 1 heterocycles. The summed E-state index contributed by atoms with van der Waals surface area (Å²) >= 11 is 1.35. The highest BCUT2D eigenvalue weighted by molar-refractivity contribution is 7.62. The van der Waals surface area contributed by atoms with E-state index in [2.05, 4.69) is 15.5 Å². The number of hydrogen-bond acceptors (Lipinski definition) is 9. The van der Waals surface area contributed by atoms with Crippen LogP contribution < -0.4 is 10.7 Å². The molecule has 0 bridgehead atoms. The minimum absolute atomic E-state index is 0.136. The standard InChI is InChI=1S/C18H24N3O5PS/c1-4-24-17(22)11-15-13-28-18(20-15)21-19-12-14-7-9-16(10-8-14)27(23,25-5-2)26-6-3/h7-10,12-13H,4-6,11H2,1-3H3,(H,20,21). The van der Waals surface area contributed by atoms with Gasteiger partial charge in [-0.3, -0.25) is 14.8 Å². The van der Waals surface area contributed by atoms with Gasteiger partial charge in [0, 0.05) is 5.38 Å². The Bertz CT molecular complexity index is 828. The quantitative estimate of drug-likeness (QED) is 0.254. The number of carbonyl (C=O) groups excluding carboxylic acids is 1.